The van der Waals surface area contributed by atoms with Crippen LogP contribution in [0.2, 0.25) is 0 Å². The molecule has 0 atom stereocenters. The number of amides is 3. The van der Waals surface area contributed by atoms with Crippen LogP contribution < -0.4 is 10.6 Å². The molecule has 1 aromatic carbocycles. The molecule has 33 heavy (non-hydrogen) atoms. The SMILES string of the molecule is O=C(CC1CCN(C(=O)c2nnc(C(=O)Nc3ccccc3)s2)CC1)NC1CCCCCC1. The van der Waals surface area contributed by atoms with Gasteiger partial charge in [-0.1, -0.05) is 55.2 Å². The van der Waals surface area contributed by atoms with Crippen LogP contribution in [0.25, 0.3) is 0 Å². The number of benzene rings is 1. The van der Waals surface area contributed by atoms with Crippen molar-refractivity contribution < 1.29 is 14.4 Å². The van der Waals surface area contributed by atoms with Gasteiger partial charge in [-0.3, -0.25) is 14.4 Å². The zero-order chi connectivity index (χ0) is 23.0. The van der Waals surface area contributed by atoms with Crippen LogP contribution in [0, 0.1) is 5.92 Å². The highest BCUT2D eigenvalue weighted by atomic mass is 32.1. The standard InChI is InChI=1S/C24H31N5O3S/c30-20(25-18-8-4-1-2-5-9-18)16-17-12-14-29(15-13-17)24(32)23-28-27-22(33-23)21(31)26-19-10-6-3-7-11-19/h3,6-7,10-11,17-18H,1-2,4-5,8-9,12-16H2,(H,25,30)(H,26,31). The lowest BCUT2D eigenvalue weighted by molar-refractivity contribution is -0.123. The van der Waals surface area contributed by atoms with Gasteiger partial charge in [0.05, 0.1) is 0 Å². The van der Waals surface area contributed by atoms with Crippen molar-refractivity contribution in [3.8, 4) is 0 Å². The summed E-state index contributed by atoms with van der Waals surface area (Å²) in [5.41, 5.74) is 0.663. The van der Waals surface area contributed by atoms with Crippen LogP contribution in [0.15, 0.2) is 30.3 Å². The number of nitrogens with one attached hydrogen (secondary N) is 2. The third-order valence-electron chi connectivity index (χ3n) is 6.43. The van der Waals surface area contributed by atoms with Crippen molar-refractivity contribution in [2.45, 2.75) is 63.8 Å². The van der Waals surface area contributed by atoms with E-state index < -0.39 is 0 Å². The number of hydrogen-bond acceptors (Lipinski definition) is 6. The summed E-state index contributed by atoms with van der Waals surface area (Å²) in [6.45, 7) is 1.18. The van der Waals surface area contributed by atoms with Crippen molar-refractivity contribution in [3.63, 3.8) is 0 Å². The number of rotatable bonds is 6. The lowest BCUT2D eigenvalue weighted by Crippen LogP contribution is -2.41. The molecular weight excluding hydrogens is 438 g/mol. The summed E-state index contributed by atoms with van der Waals surface area (Å²) in [6, 6.07) is 9.42. The van der Waals surface area contributed by atoms with E-state index in [0.717, 1.165) is 37.0 Å². The molecule has 2 fully saturated rings. The molecular formula is C24H31N5O3S. The Bertz CT molecular complexity index is 948. The van der Waals surface area contributed by atoms with Gasteiger partial charge in [0, 0.05) is 31.2 Å². The summed E-state index contributed by atoms with van der Waals surface area (Å²) in [6.07, 6.45) is 9.24. The highest BCUT2D eigenvalue weighted by molar-refractivity contribution is 7.15. The Morgan fingerprint density at radius 2 is 1.58 bits per heavy atom. The number of likely N-dealkylation sites (tertiary alicyclic amines) is 1. The number of carbonyl (C=O) groups excluding carboxylic acids is 3. The second-order valence-corrected chi connectivity index (χ2v) is 9.91. The van der Waals surface area contributed by atoms with Crippen LogP contribution in [0.4, 0.5) is 5.69 Å². The number of nitrogens with zero attached hydrogens (tertiary/aromatic N) is 3. The minimum atomic E-state index is -0.379. The van der Waals surface area contributed by atoms with Crippen LogP contribution in [0.1, 0.15) is 77.4 Å². The average Bonchev–Trinajstić information content (AvgIpc) is 3.19. The van der Waals surface area contributed by atoms with E-state index in [1.807, 2.05) is 18.2 Å². The van der Waals surface area contributed by atoms with Gasteiger partial charge in [-0.25, -0.2) is 0 Å². The van der Waals surface area contributed by atoms with Gasteiger partial charge in [-0.15, -0.1) is 10.2 Å². The van der Waals surface area contributed by atoms with Crippen molar-refractivity contribution in [1.82, 2.24) is 20.4 Å². The van der Waals surface area contributed by atoms with Gasteiger partial charge in [-0.2, -0.15) is 0 Å². The Labute approximate surface area is 198 Å². The fourth-order valence-electron chi connectivity index (χ4n) is 4.56. The molecule has 1 aromatic heterocycles. The lowest BCUT2D eigenvalue weighted by atomic mass is 9.93. The Morgan fingerprint density at radius 3 is 2.27 bits per heavy atom. The van der Waals surface area contributed by atoms with Gasteiger partial charge in [0.1, 0.15) is 0 Å². The second-order valence-electron chi connectivity index (χ2n) is 8.93. The molecule has 0 unspecified atom stereocenters. The molecule has 2 aliphatic rings. The Morgan fingerprint density at radius 1 is 0.909 bits per heavy atom. The van der Waals surface area contributed by atoms with E-state index in [4.69, 9.17) is 0 Å². The summed E-state index contributed by atoms with van der Waals surface area (Å²) in [5.74, 6) is -0.143. The number of aromatic nitrogens is 2. The number of piperidine rings is 1. The largest absolute Gasteiger partial charge is 0.353 e. The van der Waals surface area contributed by atoms with E-state index in [-0.39, 0.29) is 27.7 Å². The fourth-order valence-corrected chi connectivity index (χ4v) is 5.26. The number of hydrogen-bond donors (Lipinski definition) is 2. The van der Waals surface area contributed by atoms with Crippen molar-refractivity contribution in [3.05, 3.63) is 40.3 Å². The fraction of sp³-hybridized carbons (Fsp3) is 0.542. The summed E-state index contributed by atoms with van der Waals surface area (Å²) in [5, 5.41) is 14.2. The summed E-state index contributed by atoms with van der Waals surface area (Å²) in [4.78, 5) is 39.4. The molecule has 0 bridgehead atoms. The molecule has 4 rings (SSSR count). The van der Waals surface area contributed by atoms with E-state index in [1.165, 1.54) is 25.7 Å². The Hall–Kier alpha value is -2.81. The lowest BCUT2D eigenvalue weighted by Gasteiger charge is -2.31. The average molecular weight is 470 g/mol. The van der Waals surface area contributed by atoms with Gasteiger partial charge in [0.2, 0.25) is 15.9 Å². The maximum Gasteiger partial charge on any atom is 0.286 e. The predicted molar refractivity (Wildman–Crippen MR) is 127 cm³/mol. The summed E-state index contributed by atoms with van der Waals surface area (Å²) < 4.78 is 0. The zero-order valence-corrected chi connectivity index (χ0v) is 19.6. The first kappa shape index (κ1) is 23.4. The molecule has 1 aliphatic carbocycles. The molecule has 9 heteroatoms. The maximum atomic E-state index is 12.8. The van der Waals surface area contributed by atoms with Gasteiger partial charge in [0.25, 0.3) is 11.8 Å². The molecule has 1 saturated heterocycles. The summed E-state index contributed by atoms with van der Waals surface area (Å²) >= 11 is 1.00. The van der Waals surface area contributed by atoms with E-state index in [9.17, 15) is 14.4 Å². The third-order valence-corrected chi connectivity index (χ3v) is 7.34. The van der Waals surface area contributed by atoms with Gasteiger partial charge >= 0.3 is 0 Å². The molecule has 0 radical (unpaired) electrons. The van der Waals surface area contributed by atoms with Crippen molar-refractivity contribution >= 4 is 34.7 Å². The van der Waals surface area contributed by atoms with E-state index in [0.29, 0.717) is 37.2 Å². The van der Waals surface area contributed by atoms with Gasteiger partial charge in [-0.05, 0) is 43.7 Å². The smallest absolute Gasteiger partial charge is 0.286 e. The maximum absolute atomic E-state index is 12.8. The molecule has 8 nitrogen and oxygen atoms in total. The van der Waals surface area contributed by atoms with E-state index >= 15 is 0 Å². The molecule has 2 heterocycles. The minimum Gasteiger partial charge on any atom is -0.353 e. The van der Waals surface area contributed by atoms with Crippen LogP contribution in [0.5, 0.6) is 0 Å². The predicted octanol–water partition coefficient (Wildman–Crippen LogP) is 3.87. The van der Waals surface area contributed by atoms with Gasteiger partial charge < -0.3 is 15.5 Å². The molecule has 176 valence electrons. The van der Waals surface area contributed by atoms with Gasteiger partial charge in [0.15, 0.2) is 0 Å². The van der Waals surface area contributed by atoms with Crippen LogP contribution in [0.3, 0.4) is 0 Å². The minimum absolute atomic E-state index is 0.143. The summed E-state index contributed by atoms with van der Waals surface area (Å²) in [7, 11) is 0. The normalized spacial score (nSPS) is 17.9. The van der Waals surface area contributed by atoms with E-state index in [2.05, 4.69) is 20.8 Å². The van der Waals surface area contributed by atoms with Crippen LogP contribution in [-0.4, -0.2) is 52.0 Å². The van der Waals surface area contributed by atoms with Crippen molar-refractivity contribution in [1.29, 1.82) is 0 Å². The monoisotopic (exact) mass is 469 g/mol. The molecule has 2 N–H and O–H groups in total. The van der Waals surface area contributed by atoms with Crippen molar-refractivity contribution in [2.24, 2.45) is 5.92 Å². The first-order valence-corrected chi connectivity index (χ1v) is 12.7. The molecule has 1 saturated carbocycles. The topological polar surface area (TPSA) is 104 Å². The van der Waals surface area contributed by atoms with Crippen molar-refractivity contribution in [2.75, 3.05) is 18.4 Å². The Kier molecular flexibility index (Phi) is 8.04. The van der Waals surface area contributed by atoms with Crippen LogP contribution >= 0.6 is 11.3 Å². The number of para-hydroxylation sites is 1. The molecule has 1 aliphatic heterocycles. The van der Waals surface area contributed by atoms with Crippen LogP contribution in [-0.2, 0) is 4.79 Å². The molecule has 2 aromatic rings. The highest BCUT2D eigenvalue weighted by Gasteiger charge is 2.28. The number of anilines is 1. The second kappa shape index (κ2) is 11.4. The quantitative estimate of drug-likeness (QED) is 0.625. The van der Waals surface area contributed by atoms with E-state index in [1.54, 1.807) is 17.0 Å². The number of carbonyl (C=O) groups is 3. The first-order chi connectivity index (χ1) is 16.1. The Balaban J connectivity index is 1.23. The molecule has 3 amide bonds. The zero-order valence-electron chi connectivity index (χ0n) is 18.8. The first-order valence-electron chi connectivity index (χ1n) is 11.9. The highest BCUT2D eigenvalue weighted by Crippen LogP contribution is 2.24. The molecule has 0 spiro atoms. The third kappa shape index (κ3) is 6.60.